The van der Waals surface area contributed by atoms with Gasteiger partial charge in [0.25, 0.3) is 5.91 Å². The third-order valence-electron chi connectivity index (χ3n) is 5.00. The van der Waals surface area contributed by atoms with Crippen molar-refractivity contribution in [3.8, 4) is 5.75 Å². The average Bonchev–Trinajstić information content (AvgIpc) is 3.36. The molecule has 1 atom stereocenters. The molecule has 4 rings (SSSR count). The monoisotopic (exact) mass is 389 g/mol. The number of ketones is 1. The molecule has 1 N–H and O–H groups in total. The first-order valence-corrected chi connectivity index (χ1v) is 9.07. The summed E-state index contributed by atoms with van der Waals surface area (Å²) in [5.74, 6) is -1.03. The van der Waals surface area contributed by atoms with Crippen molar-refractivity contribution in [2.75, 3.05) is 12.0 Å². The van der Waals surface area contributed by atoms with Crippen molar-refractivity contribution in [3.63, 3.8) is 0 Å². The molecular weight excluding hydrogens is 370 g/mol. The van der Waals surface area contributed by atoms with Gasteiger partial charge in [-0.15, -0.1) is 0 Å². The maximum Gasteiger partial charge on any atom is 0.294 e. The lowest BCUT2D eigenvalue weighted by molar-refractivity contribution is -0.117. The Morgan fingerprint density at radius 3 is 2.41 bits per heavy atom. The number of hydrogen-bond acceptors (Lipinski definition) is 5. The second-order valence-corrected chi connectivity index (χ2v) is 6.71. The zero-order valence-electron chi connectivity index (χ0n) is 16.0. The van der Waals surface area contributed by atoms with Gasteiger partial charge in [0.05, 0.1) is 25.0 Å². The van der Waals surface area contributed by atoms with Crippen LogP contribution in [0.3, 0.4) is 0 Å². The van der Waals surface area contributed by atoms with E-state index in [2.05, 4.69) is 0 Å². The van der Waals surface area contributed by atoms with Gasteiger partial charge in [0.1, 0.15) is 5.75 Å². The Morgan fingerprint density at radius 2 is 1.79 bits per heavy atom. The number of carbonyl (C=O) groups is 2. The van der Waals surface area contributed by atoms with Gasteiger partial charge in [-0.3, -0.25) is 14.5 Å². The minimum absolute atomic E-state index is 0.0154. The van der Waals surface area contributed by atoms with E-state index in [1.165, 1.54) is 17.2 Å². The quantitative estimate of drug-likeness (QED) is 0.655. The predicted molar refractivity (Wildman–Crippen MR) is 107 cm³/mol. The summed E-state index contributed by atoms with van der Waals surface area (Å²) < 4.78 is 10.4. The first-order valence-electron chi connectivity index (χ1n) is 9.07. The highest BCUT2D eigenvalue weighted by atomic mass is 16.5. The molecule has 0 spiro atoms. The Kier molecular flexibility index (Phi) is 4.68. The average molecular weight is 389 g/mol. The number of rotatable bonds is 5. The lowest BCUT2D eigenvalue weighted by Crippen LogP contribution is -2.31. The van der Waals surface area contributed by atoms with Gasteiger partial charge in [-0.25, -0.2) is 0 Å². The normalized spacial score (nSPS) is 16.4. The molecule has 0 radical (unpaired) electrons. The minimum Gasteiger partial charge on any atom is -0.503 e. The van der Waals surface area contributed by atoms with Crippen LogP contribution in [-0.4, -0.2) is 23.9 Å². The Balaban J connectivity index is 1.89. The number of anilines is 1. The number of Topliss-reactive ketones (excluding diaryl/α,β-unsaturated/α-hetero) is 1. The van der Waals surface area contributed by atoms with E-state index in [0.29, 0.717) is 17.0 Å². The van der Waals surface area contributed by atoms with E-state index in [1.807, 2.05) is 25.1 Å². The fourth-order valence-corrected chi connectivity index (χ4v) is 3.56. The number of para-hydroxylation sites is 1. The van der Waals surface area contributed by atoms with Gasteiger partial charge >= 0.3 is 0 Å². The van der Waals surface area contributed by atoms with Crippen molar-refractivity contribution in [2.24, 2.45) is 0 Å². The van der Waals surface area contributed by atoms with Crippen molar-refractivity contribution < 1.29 is 23.8 Å². The van der Waals surface area contributed by atoms with Crippen molar-refractivity contribution in [1.82, 2.24) is 0 Å². The maximum atomic E-state index is 13.1. The van der Waals surface area contributed by atoms with Crippen LogP contribution >= 0.6 is 0 Å². The Labute approximate surface area is 167 Å². The van der Waals surface area contributed by atoms with E-state index < -0.39 is 23.5 Å². The van der Waals surface area contributed by atoms with Crippen LogP contribution in [0.4, 0.5) is 5.69 Å². The highest BCUT2D eigenvalue weighted by molar-refractivity contribution is 6.20. The number of nitrogens with zero attached hydrogens (tertiary/aromatic N) is 1. The fourth-order valence-electron chi connectivity index (χ4n) is 3.56. The second-order valence-electron chi connectivity index (χ2n) is 6.71. The number of hydrogen-bond donors (Lipinski definition) is 1. The van der Waals surface area contributed by atoms with Crippen molar-refractivity contribution >= 4 is 17.4 Å². The smallest absolute Gasteiger partial charge is 0.294 e. The summed E-state index contributed by atoms with van der Waals surface area (Å²) in [4.78, 5) is 27.6. The van der Waals surface area contributed by atoms with E-state index >= 15 is 0 Å². The maximum absolute atomic E-state index is 13.1. The molecule has 1 aliphatic rings. The largest absolute Gasteiger partial charge is 0.503 e. The molecule has 0 aliphatic carbocycles. The molecule has 2 aromatic carbocycles. The van der Waals surface area contributed by atoms with Gasteiger partial charge in [-0.1, -0.05) is 30.3 Å². The molecular formula is C23H19NO5. The van der Waals surface area contributed by atoms with E-state index in [4.69, 9.17) is 9.15 Å². The van der Waals surface area contributed by atoms with Crippen LogP contribution in [0.25, 0.3) is 0 Å². The Bertz CT molecular complexity index is 1100. The summed E-state index contributed by atoms with van der Waals surface area (Å²) in [5.41, 5.74) is 2.12. The molecule has 29 heavy (non-hydrogen) atoms. The van der Waals surface area contributed by atoms with Gasteiger partial charge in [-0.2, -0.15) is 0 Å². The molecule has 1 aliphatic heterocycles. The van der Waals surface area contributed by atoms with Crippen LogP contribution in [0, 0.1) is 6.92 Å². The van der Waals surface area contributed by atoms with Crippen LogP contribution in [0.1, 0.15) is 27.7 Å². The summed E-state index contributed by atoms with van der Waals surface area (Å²) in [6, 6.07) is 16.7. The van der Waals surface area contributed by atoms with Crippen LogP contribution in [-0.2, 0) is 4.79 Å². The molecule has 1 amide bonds. The zero-order chi connectivity index (χ0) is 20.5. The van der Waals surface area contributed by atoms with Crippen LogP contribution in [0.15, 0.2) is 82.7 Å². The van der Waals surface area contributed by atoms with Crippen molar-refractivity contribution in [1.29, 1.82) is 0 Å². The SMILES string of the molecule is COc1ccc(C2C(C(=O)c3ccco3)=C(O)C(=O)N2c2ccccc2C)cc1. The van der Waals surface area contributed by atoms with Crippen molar-refractivity contribution in [2.45, 2.75) is 13.0 Å². The van der Waals surface area contributed by atoms with Crippen molar-refractivity contribution in [3.05, 3.63) is 95.1 Å². The number of methoxy groups -OCH3 is 1. The zero-order valence-corrected chi connectivity index (χ0v) is 16.0. The molecule has 0 bridgehead atoms. The van der Waals surface area contributed by atoms with Crippen LogP contribution < -0.4 is 9.64 Å². The summed E-state index contributed by atoms with van der Waals surface area (Å²) in [6.07, 6.45) is 1.38. The molecule has 1 aromatic heterocycles. The molecule has 2 heterocycles. The number of aliphatic hydroxyl groups excluding tert-OH is 1. The first-order chi connectivity index (χ1) is 14.0. The number of aliphatic hydroxyl groups is 1. The number of ether oxygens (including phenoxy) is 1. The molecule has 0 saturated heterocycles. The highest BCUT2D eigenvalue weighted by Gasteiger charge is 2.45. The predicted octanol–water partition coefficient (Wildman–Crippen LogP) is 4.38. The van der Waals surface area contributed by atoms with Gasteiger partial charge in [0.15, 0.2) is 11.5 Å². The van der Waals surface area contributed by atoms with E-state index in [-0.39, 0.29) is 11.3 Å². The summed E-state index contributed by atoms with van der Waals surface area (Å²) in [5, 5.41) is 10.7. The lowest BCUT2D eigenvalue weighted by atomic mass is 9.94. The molecule has 3 aromatic rings. The molecule has 6 heteroatoms. The fraction of sp³-hybridized carbons (Fsp3) is 0.130. The third-order valence-corrected chi connectivity index (χ3v) is 5.00. The number of amides is 1. The Morgan fingerprint density at radius 1 is 1.07 bits per heavy atom. The summed E-state index contributed by atoms with van der Waals surface area (Å²) in [6.45, 7) is 1.87. The molecule has 0 fully saturated rings. The highest BCUT2D eigenvalue weighted by Crippen LogP contribution is 2.43. The van der Waals surface area contributed by atoms with E-state index in [1.54, 1.807) is 43.5 Å². The topological polar surface area (TPSA) is 80.0 Å². The summed E-state index contributed by atoms with van der Waals surface area (Å²) in [7, 11) is 1.56. The number of carbonyl (C=O) groups excluding carboxylic acids is 2. The van der Waals surface area contributed by atoms with Crippen LogP contribution in [0.5, 0.6) is 5.75 Å². The summed E-state index contributed by atoms with van der Waals surface area (Å²) >= 11 is 0. The molecule has 146 valence electrons. The molecule has 1 unspecified atom stereocenters. The number of aryl methyl sites for hydroxylation is 1. The van der Waals surface area contributed by atoms with Crippen LogP contribution in [0.2, 0.25) is 0 Å². The third kappa shape index (κ3) is 3.08. The Hall–Kier alpha value is -3.80. The minimum atomic E-state index is -0.799. The van der Waals surface area contributed by atoms with Gasteiger partial charge < -0.3 is 14.3 Å². The van der Waals surface area contributed by atoms with Gasteiger partial charge in [0.2, 0.25) is 5.78 Å². The van der Waals surface area contributed by atoms with Gasteiger partial charge in [-0.05, 0) is 48.4 Å². The number of furan rings is 1. The molecule has 0 saturated carbocycles. The van der Waals surface area contributed by atoms with E-state index in [9.17, 15) is 14.7 Å². The lowest BCUT2D eigenvalue weighted by Gasteiger charge is -2.28. The second kappa shape index (κ2) is 7.31. The standard InChI is InChI=1S/C23H19NO5/c1-14-6-3-4-7-17(14)24-20(15-9-11-16(28-2)12-10-15)19(22(26)23(24)27)21(25)18-8-5-13-29-18/h3-13,20,26H,1-2H3. The first kappa shape index (κ1) is 18.6. The van der Waals surface area contributed by atoms with Gasteiger partial charge in [0, 0.05) is 5.69 Å². The molecule has 6 nitrogen and oxygen atoms in total. The number of benzene rings is 2. The van der Waals surface area contributed by atoms with E-state index in [0.717, 1.165) is 5.56 Å².